The summed E-state index contributed by atoms with van der Waals surface area (Å²) >= 11 is 2.22. The van der Waals surface area contributed by atoms with Gasteiger partial charge in [-0.1, -0.05) is 56.4 Å². The van der Waals surface area contributed by atoms with Gasteiger partial charge in [-0.3, -0.25) is 4.99 Å². The van der Waals surface area contributed by atoms with Crippen LogP contribution in [-0.2, 0) is 0 Å². The molecular weight excluding hydrogens is 266 g/mol. The average Bonchev–Trinajstić information content (AvgIpc) is 2.31. The first kappa shape index (κ1) is 16.5. The average molecular weight is 294 g/mol. The van der Waals surface area contributed by atoms with Crippen LogP contribution in [0.4, 0.5) is 0 Å². The van der Waals surface area contributed by atoms with E-state index in [2.05, 4.69) is 74.0 Å². The molecule has 0 aliphatic rings. The third-order valence-electron chi connectivity index (χ3n) is 2.84. The van der Waals surface area contributed by atoms with Crippen LogP contribution < -0.4 is 0 Å². The fraction of sp³-hybridized carbons (Fsp3) is 0.562. The van der Waals surface area contributed by atoms with Crippen molar-refractivity contribution in [3.8, 4) is 0 Å². The van der Waals surface area contributed by atoms with E-state index < -0.39 is 7.22 Å². The Morgan fingerprint density at radius 2 is 2.05 bits per heavy atom. The number of aliphatic imine (C=N–C) groups is 1. The zero-order valence-electron chi connectivity index (χ0n) is 12.9. The predicted molar refractivity (Wildman–Crippen MR) is 93.3 cm³/mol. The van der Waals surface area contributed by atoms with Gasteiger partial charge in [0.2, 0.25) is 0 Å². The summed E-state index contributed by atoms with van der Waals surface area (Å²) in [4.78, 5) is 4.58. The van der Waals surface area contributed by atoms with Crippen LogP contribution in [0.25, 0.3) is 0 Å². The second-order valence-corrected chi connectivity index (χ2v) is 15.5. The Balaban J connectivity index is 2.40. The van der Waals surface area contributed by atoms with Crippen molar-refractivity contribution in [2.24, 2.45) is 4.99 Å². The topological polar surface area (TPSA) is 12.4 Å². The highest BCUT2D eigenvalue weighted by Gasteiger charge is 2.19. The van der Waals surface area contributed by atoms with Crippen molar-refractivity contribution in [3.05, 3.63) is 35.4 Å². The minimum Gasteiger partial charge on any atom is -0.293 e. The summed E-state index contributed by atoms with van der Waals surface area (Å²) in [5, 5.41) is 0.779. The maximum absolute atomic E-state index is 4.58. The lowest BCUT2D eigenvalue weighted by Gasteiger charge is -2.22. The maximum atomic E-state index is 4.58. The summed E-state index contributed by atoms with van der Waals surface area (Å²) in [6.45, 7) is 12.6. The predicted octanol–water partition coefficient (Wildman–Crippen LogP) is 5.15. The lowest BCUT2D eigenvalue weighted by atomic mass is 10.1. The molecule has 106 valence electrons. The molecule has 1 nitrogen and oxygen atoms in total. The Kier molecular flexibility index (Phi) is 6.87. The van der Waals surface area contributed by atoms with Gasteiger partial charge in [0.25, 0.3) is 0 Å². The van der Waals surface area contributed by atoms with Gasteiger partial charge in [0.05, 0.1) is 0 Å². The highest BCUT2D eigenvalue weighted by Crippen LogP contribution is 2.28. The number of aryl methyl sites for hydroxylation is 1. The fourth-order valence-electron chi connectivity index (χ4n) is 1.99. The molecule has 1 rings (SSSR count). The molecule has 0 radical (unpaired) electrons. The molecule has 1 aromatic carbocycles. The van der Waals surface area contributed by atoms with E-state index in [0.717, 1.165) is 11.8 Å². The van der Waals surface area contributed by atoms with Crippen LogP contribution in [0, 0.1) is 6.92 Å². The van der Waals surface area contributed by atoms with E-state index in [-0.39, 0.29) is 0 Å². The lowest BCUT2D eigenvalue weighted by Crippen LogP contribution is -2.20. The molecule has 0 heterocycles. The highest BCUT2D eigenvalue weighted by atomic mass is 32.4. The monoisotopic (exact) mass is 293 g/mol. The van der Waals surface area contributed by atoms with Gasteiger partial charge in [-0.25, -0.2) is 0 Å². The zero-order chi connectivity index (χ0) is 14.3. The van der Waals surface area contributed by atoms with E-state index in [1.807, 2.05) is 6.21 Å². The Hall–Kier alpha value is -0.543. The molecule has 0 N–H and O–H groups in total. The largest absolute Gasteiger partial charge is 0.293 e. The standard InChI is InChI=1S/C16H27NSSi/c1-6-16(18-19(3,4)5)10-11-17-13-15-9-7-8-14(2)12-15/h7-9,12-13,16H,6,10-11H2,1-5H3. The number of benzene rings is 1. The van der Waals surface area contributed by atoms with E-state index in [4.69, 9.17) is 0 Å². The van der Waals surface area contributed by atoms with E-state index in [1.54, 1.807) is 0 Å². The molecule has 0 saturated carbocycles. The van der Waals surface area contributed by atoms with Crippen molar-refractivity contribution in [2.45, 2.75) is 51.6 Å². The van der Waals surface area contributed by atoms with Gasteiger partial charge in [-0.2, -0.15) is 11.2 Å². The zero-order valence-corrected chi connectivity index (χ0v) is 14.8. The second-order valence-electron chi connectivity index (χ2n) is 6.00. The van der Waals surface area contributed by atoms with Crippen LogP contribution in [-0.4, -0.2) is 25.2 Å². The smallest absolute Gasteiger partial charge is 0.108 e. The quantitative estimate of drug-likeness (QED) is 0.500. The molecule has 0 amide bonds. The number of nitrogens with zero attached hydrogens (tertiary/aromatic N) is 1. The molecule has 0 aromatic heterocycles. The number of hydrogen-bond donors (Lipinski definition) is 0. The van der Waals surface area contributed by atoms with Gasteiger partial charge in [0.1, 0.15) is 7.22 Å². The lowest BCUT2D eigenvalue weighted by molar-refractivity contribution is 0.750. The van der Waals surface area contributed by atoms with Crippen molar-refractivity contribution in [2.75, 3.05) is 6.54 Å². The van der Waals surface area contributed by atoms with Crippen molar-refractivity contribution >= 4 is 24.6 Å². The van der Waals surface area contributed by atoms with Crippen LogP contribution in [0.2, 0.25) is 19.6 Å². The van der Waals surface area contributed by atoms with E-state index in [1.165, 1.54) is 24.0 Å². The van der Waals surface area contributed by atoms with Crippen molar-refractivity contribution in [1.29, 1.82) is 0 Å². The Morgan fingerprint density at radius 3 is 2.63 bits per heavy atom. The Bertz CT molecular complexity index is 409. The number of hydrogen-bond acceptors (Lipinski definition) is 2. The molecule has 0 aliphatic carbocycles. The maximum Gasteiger partial charge on any atom is 0.108 e. The first-order valence-corrected chi connectivity index (χ1v) is 12.3. The second kappa shape index (κ2) is 7.90. The summed E-state index contributed by atoms with van der Waals surface area (Å²) < 4.78 is 0. The van der Waals surface area contributed by atoms with Crippen LogP contribution >= 0.6 is 11.2 Å². The fourth-order valence-corrected chi connectivity index (χ4v) is 7.23. The van der Waals surface area contributed by atoms with Crippen molar-refractivity contribution < 1.29 is 0 Å². The van der Waals surface area contributed by atoms with Crippen LogP contribution in [0.1, 0.15) is 30.9 Å². The van der Waals surface area contributed by atoms with Crippen molar-refractivity contribution in [1.82, 2.24) is 0 Å². The molecule has 0 aliphatic heterocycles. The molecule has 0 fully saturated rings. The Labute approximate surface area is 123 Å². The third kappa shape index (κ3) is 7.58. The molecule has 1 atom stereocenters. The third-order valence-corrected chi connectivity index (χ3v) is 7.57. The highest BCUT2D eigenvalue weighted by molar-refractivity contribution is 8.29. The molecule has 0 bridgehead atoms. The van der Waals surface area contributed by atoms with E-state index in [9.17, 15) is 0 Å². The van der Waals surface area contributed by atoms with E-state index >= 15 is 0 Å². The summed E-state index contributed by atoms with van der Waals surface area (Å²) in [6, 6.07) is 8.50. The molecule has 19 heavy (non-hydrogen) atoms. The minimum absolute atomic E-state index is 0.779. The number of rotatable bonds is 7. The van der Waals surface area contributed by atoms with Gasteiger partial charge in [-0.15, -0.1) is 0 Å². The summed E-state index contributed by atoms with van der Waals surface area (Å²) in [7, 11) is -1.01. The van der Waals surface area contributed by atoms with Gasteiger partial charge >= 0.3 is 0 Å². The summed E-state index contributed by atoms with van der Waals surface area (Å²) in [5.74, 6) is 0. The van der Waals surface area contributed by atoms with Crippen LogP contribution in [0.15, 0.2) is 29.3 Å². The first-order chi connectivity index (χ1) is 8.90. The SMILES string of the molecule is CCC(CCN=Cc1cccc(C)c1)S[Si](C)(C)C. The first-order valence-electron chi connectivity index (χ1n) is 7.15. The molecule has 0 saturated heterocycles. The molecule has 1 aromatic rings. The van der Waals surface area contributed by atoms with Gasteiger partial charge < -0.3 is 0 Å². The minimum atomic E-state index is -1.01. The van der Waals surface area contributed by atoms with Crippen molar-refractivity contribution in [3.63, 3.8) is 0 Å². The molecule has 3 heteroatoms. The molecule has 0 spiro atoms. The molecule has 1 unspecified atom stereocenters. The van der Waals surface area contributed by atoms with Gasteiger partial charge in [0.15, 0.2) is 0 Å². The van der Waals surface area contributed by atoms with Gasteiger partial charge in [0, 0.05) is 18.0 Å². The Morgan fingerprint density at radius 1 is 1.32 bits per heavy atom. The molecular formula is C16H27NSSi. The van der Waals surface area contributed by atoms with Gasteiger partial charge in [-0.05, 0) is 25.3 Å². The summed E-state index contributed by atoms with van der Waals surface area (Å²) in [5.41, 5.74) is 2.51. The summed E-state index contributed by atoms with van der Waals surface area (Å²) in [6.07, 6.45) is 4.47. The van der Waals surface area contributed by atoms with E-state index in [0.29, 0.717) is 0 Å². The normalized spacial score (nSPS) is 13.9. The van der Waals surface area contributed by atoms with Crippen LogP contribution in [0.5, 0.6) is 0 Å². The van der Waals surface area contributed by atoms with Crippen LogP contribution in [0.3, 0.4) is 0 Å².